The van der Waals surface area contributed by atoms with Crippen LogP contribution >= 0.6 is 0 Å². The molecule has 0 aliphatic heterocycles. The minimum Gasteiger partial charge on any atom is -0.478 e. The van der Waals surface area contributed by atoms with Crippen molar-refractivity contribution in [3.05, 3.63) is 41.9 Å². The van der Waals surface area contributed by atoms with E-state index in [4.69, 9.17) is 7.85 Å². The molecule has 0 atom stereocenters. The number of hydrogen-bond acceptors (Lipinski definition) is 1. The van der Waals surface area contributed by atoms with E-state index in [2.05, 4.69) is 0 Å². The summed E-state index contributed by atoms with van der Waals surface area (Å²) >= 11 is 0. The summed E-state index contributed by atoms with van der Waals surface area (Å²) in [6.45, 7) is 0. The van der Waals surface area contributed by atoms with E-state index < -0.39 is 12.0 Å². The number of rotatable bonds is 2. The minimum atomic E-state index is -1.38. The third-order valence-electron chi connectivity index (χ3n) is 1.09. The Morgan fingerprint density at radius 2 is 2.09 bits per heavy atom. The molecular formula is C9H8O2. The first-order chi connectivity index (χ1) is 6.13. The van der Waals surface area contributed by atoms with Crippen molar-refractivity contribution in [1.29, 1.82) is 0 Å². The number of carboxylic acid groups (broad SMARTS) is 1. The van der Waals surface area contributed by atoms with Crippen LogP contribution in [0.4, 0.5) is 0 Å². The Labute approximate surface area is 67.6 Å². The smallest absolute Gasteiger partial charge is 0.328 e. The number of carboxylic acids is 1. The van der Waals surface area contributed by atoms with Gasteiger partial charge in [-0.1, -0.05) is 30.3 Å². The highest BCUT2D eigenvalue weighted by Crippen LogP contribution is 1.99. The average Bonchev–Trinajstić information content (AvgIpc) is 2.17. The summed E-state index contributed by atoms with van der Waals surface area (Å²) in [6, 6.07) is 7.39. The van der Waals surface area contributed by atoms with E-state index >= 15 is 0 Å². The van der Waals surface area contributed by atoms with Crippen LogP contribution < -0.4 is 0 Å². The van der Waals surface area contributed by atoms with Crippen molar-refractivity contribution in [1.82, 2.24) is 0 Å². The molecule has 0 bridgehead atoms. The van der Waals surface area contributed by atoms with Gasteiger partial charge in [-0.3, -0.25) is 0 Å². The lowest BCUT2D eigenvalue weighted by atomic mass is 10.2. The van der Waals surface area contributed by atoms with Crippen LogP contribution in [0, 0.1) is 0 Å². The molecule has 0 heterocycles. The molecule has 1 rings (SSSR count). The largest absolute Gasteiger partial charge is 0.478 e. The fourth-order valence-electron chi connectivity index (χ4n) is 0.647. The maximum atomic E-state index is 10.3. The van der Waals surface area contributed by atoms with Gasteiger partial charge in [0.2, 0.25) is 0 Å². The van der Waals surface area contributed by atoms with Gasteiger partial charge in [0, 0.05) is 6.05 Å². The molecule has 1 aromatic carbocycles. The van der Waals surface area contributed by atoms with E-state index in [0.29, 0.717) is 5.56 Å². The van der Waals surface area contributed by atoms with Crippen LogP contribution in [0.3, 0.4) is 0 Å². The second kappa shape index (κ2) is 3.56. The number of benzene rings is 1. The van der Waals surface area contributed by atoms with E-state index in [1.807, 2.05) is 0 Å². The van der Waals surface area contributed by atoms with E-state index in [0.717, 1.165) is 0 Å². The summed E-state index contributed by atoms with van der Waals surface area (Å²) in [5.41, 5.74) is 0.440. The summed E-state index contributed by atoms with van der Waals surface area (Å²) in [5, 5.41) is 8.45. The highest BCUT2D eigenvalue weighted by molar-refractivity contribution is 5.85. The Bertz CT molecular complexity index is 344. The number of aliphatic carboxylic acids is 1. The fourth-order valence-corrected chi connectivity index (χ4v) is 0.647. The molecule has 2 nitrogen and oxygen atoms in total. The Morgan fingerprint density at radius 1 is 1.45 bits per heavy atom. The van der Waals surface area contributed by atoms with Crippen molar-refractivity contribution in [3.63, 3.8) is 0 Å². The standard InChI is InChI=1S/C9H8O2/c10-9(11)7-6-8-4-2-1-3-5-8/h1-7H,(H,10,11)/b7-6+/i6D,7+1D. The fraction of sp³-hybridized carbons (Fsp3) is 0. The summed E-state index contributed by atoms with van der Waals surface area (Å²) in [5.74, 6) is -1.38. The van der Waals surface area contributed by atoms with E-state index in [-0.39, 0.29) is 6.05 Å². The highest BCUT2D eigenvalue weighted by Gasteiger charge is 1.85. The molecule has 1 aromatic rings. The third-order valence-corrected chi connectivity index (χ3v) is 1.09. The van der Waals surface area contributed by atoms with Gasteiger partial charge in [-0.15, -0.1) is 0 Å². The van der Waals surface area contributed by atoms with Crippen LogP contribution in [0.15, 0.2) is 36.4 Å². The van der Waals surface area contributed by atoms with Crippen LogP contribution in [-0.2, 0) is 4.79 Å². The molecule has 2 heteroatoms. The molecule has 1 N–H and O–H groups in total. The molecule has 0 fully saturated rings. The quantitative estimate of drug-likeness (QED) is 0.516. The highest BCUT2D eigenvalue weighted by atomic mass is 16.4. The van der Waals surface area contributed by atoms with Crippen LogP contribution in [-0.4, -0.2) is 11.1 Å². The van der Waals surface area contributed by atoms with Gasteiger partial charge in [-0.05, 0) is 11.6 Å². The maximum Gasteiger partial charge on any atom is 0.328 e. The van der Waals surface area contributed by atoms with Crippen molar-refractivity contribution in [3.8, 4) is 0 Å². The van der Waals surface area contributed by atoms with Gasteiger partial charge in [-0.2, -0.15) is 0 Å². The van der Waals surface area contributed by atoms with Gasteiger partial charge in [0.15, 0.2) is 0 Å². The lowest BCUT2D eigenvalue weighted by Gasteiger charge is -1.87. The Morgan fingerprint density at radius 3 is 2.64 bits per heavy atom. The van der Waals surface area contributed by atoms with Crippen LogP contribution in [0.2, 0.25) is 0 Å². The zero-order valence-electron chi connectivity index (χ0n) is 7.74. The zero-order valence-corrected chi connectivity index (χ0v) is 5.74. The Balaban J connectivity index is 3.11. The van der Waals surface area contributed by atoms with Crippen LogP contribution in [0.5, 0.6) is 0 Å². The Kier molecular flexibility index (Phi) is 1.66. The molecule has 0 unspecified atom stereocenters. The molecule has 0 radical (unpaired) electrons. The molecule has 0 aliphatic carbocycles. The summed E-state index contributed by atoms with van der Waals surface area (Å²) in [6.07, 6.45) is 0. The van der Waals surface area contributed by atoms with E-state index in [9.17, 15) is 4.79 Å². The summed E-state index contributed by atoms with van der Waals surface area (Å²) in [4.78, 5) is 10.3. The molecule has 0 aromatic heterocycles. The van der Waals surface area contributed by atoms with Crippen LogP contribution in [0.1, 0.15) is 8.30 Å². The normalized spacial score (nSPS) is 14.5. The first-order valence-electron chi connectivity index (χ1n) is 4.09. The molecule has 0 aliphatic rings. The van der Waals surface area contributed by atoms with Crippen molar-refractivity contribution in [2.24, 2.45) is 0 Å². The molecular weight excluding hydrogens is 141 g/mol. The van der Waals surface area contributed by atoms with Gasteiger partial charge >= 0.3 is 5.97 Å². The average molecular weight is 151 g/mol. The number of hydrogen-bond donors (Lipinski definition) is 1. The van der Waals surface area contributed by atoms with Gasteiger partial charge in [0.1, 0.15) is 0 Å². The molecule has 0 spiro atoms. The molecule has 0 saturated carbocycles. The van der Waals surface area contributed by atoms with Crippen molar-refractivity contribution < 1.29 is 12.6 Å². The predicted molar refractivity (Wildman–Crippen MR) is 43.1 cm³/mol. The molecule has 56 valence electrons. The summed E-state index contributed by atoms with van der Waals surface area (Å²) < 4.78 is 14.4. The van der Waals surface area contributed by atoms with Crippen molar-refractivity contribution >= 4 is 12.0 Å². The zero-order chi connectivity index (χ0) is 9.84. The lowest BCUT2D eigenvalue weighted by Crippen LogP contribution is -1.85. The molecule has 0 amide bonds. The van der Waals surface area contributed by atoms with E-state index in [1.165, 1.54) is 0 Å². The first kappa shape index (κ1) is 5.13. The maximum absolute atomic E-state index is 10.3. The second-order valence-corrected chi connectivity index (χ2v) is 1.92. The topological polar surface area (TPSA) is 37.3 Å². The van der Waals surface area contributed by atoms with Gasteiger partial charge in [0.05, 0.1) is 2.74 Å². The predicted octanol–water partition coefficient (Wildman–Crippen LogP) is 1.78. The summed E-state index contributed by atoms with van der Waals surface area (Å²) in [7, 11) is 0. The van der Waals surface area contributed by atoms with Crippen molar-refractivity contribution in [2.75, 3.05) is 0 Å². The van der Waals surface area contributed by atoms with Crippen molar-refractivity contribution in [2.45, 2.75) is 0 Å². The Hall–Kier alpha value is -1.57. The SMILES string of the molecule is [2H]/C(c1ccccc1)=[13C](/[2H])C(=O)O. The van der Waals surface area contributed by atoms with E-state index in [1.54, 1.807) is 30.3 Å². The molecule has 11 heavy (non-hydrogen) atoms. The first-order valence-corrected chi connectivity index (χ1v) is 3.09. The lowest BCUT2D eigenvalue weighted by molar-refractivity contribution is -0.131. The van der Waals surface area contributed by atoms with Gasteiger partial charge in [0.25, 0.3) is 0 Å². The molecule has 0 saturated heterocycles. The van der Waals surface area contributed by atoms with Gasteiger partial charge in [-0.25, -0.2) is 4.79 Å². The third kappa shape index (κ3) is 2.67. The number of carbonyl (C=O) groups is 1. The monoisotopic (exact) mass is 151 g/mol. The van der Waals surface area contributed by atoms with Crippen LogP contribution in [0.25, 0.3) is 6.05 Å². The van der Waals surface area contributed by atoms with Gasteiger partial charge < -0.3 is 5.11 Å². The second-order valence-electron chi connectivity index (χ2n) is 1.92. The minimum absolute atomic E-state index is 0.270.